The van der Waals surface area contributed by atoms with Gasteiger partial charge in [-0.25, -0.2) is 9.59 Å². The van der Waals surface area contributed by atoms with Crippen LogP contribution in [0, 0.1) is 19.8 Å². The largest absolute Gasteiger partial charge is 0.478 e. The van der Waals surface area contributed by atoms with E-state index in [-0.39, 0.29) is 18.7 Å². The van der Waals surface area contributed by atoms with E-state index in [1.165, 1.54) is 0 Å². The van der Waals surface area contributed by atoms with E-state index in [9.17, 15) is 9.59 Å². The van der Waals surface area contributed by atoms with Gasteiger partial charge in [0.05, 0.1) is 16.8 Å². The maximum atomic E-state index is 13.5. The predicted octanol–water partition coefficient (Wildman–Crippen LogP) is 6.74. The first-order valence-electron chi connectivity index (χ1n) is 13.1. The number of nitrogens with zero attached hydrogens (tertiary/aromatic N) is 1. The van der Waals surface area contributed by atoms with Crippen LogP contribution in [0.4, 0.5) is 0 Å². The summed E-state index contributed by atoms with van der Waals surface area (Å²) < 4.78 is 5.80. The Kier molecular flexibility index (Phi) is 8.57. The summed E-state index contributed by atoms with van der Waals surface area (Å²) in [5.41, 5.74) is 14.9. The van der Waals surface area contributed by atoms with Gasteiger partial charge in [0.25, 0.3) is 0 Å². The van der Waals surface area contributed by atoms with Gasteiger partial charge in [-0.3, -0.25) is 4.98 Å². The van der Waals surface area contributed by atoms with Crippen molar-refractivity contribution >= 4 is 11.9 Å². The molecule has 0 bridgehead atoms. The molecule has 4 rings (SSSR count). The fraction of sp³-hybridized carbons (Fsp3) is 0.242. The molecule has 0 unspecified atom stereocenters. The number of rotatable bonds is 9. The van der Waals surface area contributed by atoms with E-state index in [4.69, 9.17) is 20.6 Å². The number of benzene rings is 3. The summed E-state index contributed by atoms with van der Waals surface area (Å²) in [6.07, 6.45) is 0.771. The second-order valence-corrected chi connectivity index (χ2v) is 10.2. The minimum atomic E-state index is -0.956. The van der Waals surface area contributed by atoms with Crippen LogP contribution in [0.1, 0.15) is 62.6 Å². The zero-order valence-corrected chi connectivity index (χ0v) is 22.8. The van der Waals surface area contributed by atoms with Crippen LogP contribution in [0.25, 0.3) is 22.3 Å². The first-order valence-corrected chi connectivity index (χ1v) is 13.1. The van der Waals surface area contributed by atoms with Crippen molar-refractivity contribution in [2.45, 2.75) is 47.3 Å². The Labute approximate surface area is 229 Å². The zero-order valence-electron chi connectivity index (χ0n) is 22.8. The van der Waals surface area contributed by atoms with Crippen LogP contribution in [0.3, 0.4) is 0 Å². The number of carbonyl (C=O) groups is 2. The Morgan fingerprint density at radius 3 is 1.97 bits per heavy atom. The molecule has 0 spiro atoms. The molecule has 6 heteroatoms. The summed E-state index contributed by atoms with van der Waals surface area (Å²) in [6, 6.07) is 22.5. The summed E-state index contributed by atoms with van der Waals surface area (Å²) in [6.45, 7) is 8.54. The third-order valence-corrected chi connectivity index (χ3v) is 6.70. The van der Waals surface area contributed by atoms with Crippen LogP contribution in [0.5, 0.6) is 0 Å². The molecule has 1 heterocycles. The summed E-state index contributed by atoms with van der Waals surface area (Å²) in [7, 11) is 0. The van der Waals surface area contributed by atoms with Crippen molar-refractivity contribution < 1.29 is 19.4 Å². The number of carboxylic acids is 1. The van der Waals surface area contributed by atoms with E-state index in [2.05, 4.69) is 13.8 Å². The highest BCUT2D eigenvalue weighted by Gasteiger charge is 2.24. The fourth-order valence-electron chi connectivity index (χ4n) is 4.69. The van der Waals surface area contributed by atoms with Crippen LogP contribution in [0.15, 0.2) is 72.8 Å². The number of aryl methyl sites for hydroxylation is 2. The van der Waals surface area contributed by atoms with Gasteiger partial charge >= 0.3 is 11.9 Å². The standard InChI is InChI=1S/C33H34N2O4/c1-20(2)17-29-28(18-34)31(26-9-5-21(3)6-10-26)30(22(4)35-29)33(38)39-19-23-7-11-24(12-8-23)25-13-15-27(16-14-25)32(36)37/h5-16,20H,17-19,34H2,1-4H3,(H,36,37). The van der Waals surface area contributed by atoms with Gasteiger partial charge in [-0.05, 0) is 66.1 Å². The lowest BCUT2D eigenvalue weighted by Gasteiger charge is -2.20. The third kappa shape index (κ3) is 6.41. The third-order valence-electron chi connectivity index (χ3n) is 6.70. The monoisotopic (exact) mass is 522 g/mol. The van der Waals surface area contributed by atoms with Crippen molar-refractivity contribution in [1.82, 2.24) is 4.98 Å². The van der Waals surface area contributed by atoms with Gasteiger partial charge in [0, 0.05) is 17.8 Å². The van der Waals surface area contributed by atoms with Crippen molar-refractivity contribution in [1.29, 1.82) is 0 Å². The van der Waals surface area contributed by atoms with Gasteiger partial charge in [0.2, 0.25) is 0 Å². The average Bonchev–Trinajstić information content (AvgIpc) is 2.92. The normalized spacial score (nSPS) is 11.0. The maximum Gasteiger partial charge on any atom is 0.340 e. The van der Waals surface area contributed by atoms with E-state index in [1.807, 2.05) is 62.4 Å². The van der Waals surface area contributed by atoms with Gasteiger partial charge in [-0.1, -0.05) is 80.1 Å². The molecule has 4 aromatic rings. The summed E-state index contributed by atoms with van der Waals surface area (Å²) in [5.74, 6) is -0.999. The minimum absolute atomic E-state index is 0.107. The molecule has 0 atom stereocenters. The minimum Gasteiger partial charge on any atom is -0.478 e. The Morgan fingerprint density at radius 2 is 1.44 bits per heavy atom. The number of aromatic nitrogens is 1. The number of aromatic carboxylic acids is 1. The van der Waals surface area contributed by atoms with E-state index < -0.39 is 11.9 Å². The van der Waals surface area contributed by atoms with E-state index >= 15 is 0 Å². The quantitative estimate of drug-likeness (QED) is 0.236. The molecular weight excluding hydrogens is 488 g/mol. The summed E-state index contributed by atoms with van der Waals surface area (Å²) in [5, 5.41) is 9.10. The first-order chi connectivity index (χ1) is 18.7. The second kappa shape index (κ2) is 12.0. The number of carboxylic acid groups (broad SMARTS) is 1. The van der Waals surface area contributed by atoms with Crippen molar-refractivity contribution in [3.05, 3.63) is 112 Å². The number of ether oxygens (including phenoxy) is 1. The molecule has 1 aromatic heterocycles. The van der Waals surface area contributed by atoms with Gasteiger partial charge in [-0.15, -0.1) is 0 Å². The topological polar surface area (TPSA) is 103 Å². The van der Waals surface area contributed by atoms with Gasteiger partial charge < -0.3 is 15.6 Å². The number of hydrogen-bond acceptors (Lipinski definition) is 5. The molecule has 0 aliphatic carbocycles. The molecule has 0 fully saturated rings. The lowest BCUT2D eigenvalue weighted by molar-refractivity contribution is 0.0471. The first kappa shape index (κ1) is 27.7. The number of nitrogens with two attached hydrogens (primary N) is 1. The second-order valence-electron chi connectivity index (χ2n) is 10.2. The fourth-order valence-corrected chi connectivity index (χ4v) is 4.69. The van der Waals surface area contributed by atoms with Gasteiger partial charge in [0.15, 0.2) is 0 Å². The molecule has 0 amide bonds. The van der Waals surface area contributed by atoms with Crippen molar-refractivity contribution in [3.63, 3.8) is 0 Å². The van der Waals surface area contributed by atoms with E-state index in [0.29, 0.717) is 17.2 Å². The smallest absolute Gasteiger partial charge is 0.340 e. The zero-order chi connectivity index (χ0) is 28.1. The molecule has 6 nitrogen and oxygen atoms in total. The number of carbonyl (C=O) groups excluding carboxylic acids is 1. The van der Waals surface area contributed by atoms with Crippen molar-refractivity contribution in [2.24, 2.45) is 11.7 Å². The highest BCUT2D eigenvalue weighted by Crippen LogP contribution is 2.33. The predicted molar refractivity (Wildman–Crippen MR) is 154 cm³/mol. The highest BCUT2D eigenvalue weighted by molar-refractivity contribution is 5.99. The van der Waals surface area contributed by atoms with Crippen molar-refractivity contribution in [2.75, 3.05) is 0 Å². The van der Waals surface area contributed by atoms with Gasteiger partial charge in [0.1, 0.15) is 6.61 Å². The molecule has 3 aromatic carbocycles. The maximum absolute atomic E-state index is 13.5. The van der Waals surface area contributed by atoms with E-state index in [1.54, 1.807) is 24.3 Å². The highest BCUT2D eigenvalue weighted by atomic mass is 16.5. The molecular formula is C33H34N2O4. The SMILES string of the molecule is Cc1ccc(-c2c(CN)c(CC(C)C)nc(C)c2C(=O)OCc2ccc(-c3ccc(C(=O)O)cc3)cc2)cc1. The Balaban J connectivity index is 1.61. The van der Waals surface area contributed by atoms with Crippen LogP contribution in [-0.2, 0) is 24.3 Å². The lowest BCUT2D eigenvalue weighted by Crippen LogP contribution is -2.17. The van der Waals surface area contributed by atoms with Crippen molar-refractivity contribution in [3.8, 4) is 22.3 Å². The van der Waals surface area contributed by atoms with Crippen LogP contribution in [0.2, 0.25) is 0 Å². The Morgan fingerprint density at radius 1 is 0.872 bits per heavy atom. The molecule has 0 radical (unpaired) electrons. The number of pyridine rings is 1. The van der Waals surface area contributed by atoms with Crippen LogP contribution >= 0.6 is 0 Å². The number of hydrogen-bond donors (Lipinski definition) is 2. The molecule has 0 saturated carbocycles. The Bertz CT molecular complexity index is 1470. The van der Waals surface area contributed by atoms with E-state index in [0.717, 1.165) is 51.1 Å². The number of esters is 1. The summed E-state index contributed by atoms with van der Waals surface area (Å²) in [4.78, 5) is 29.4. The molecule has 3 N–H and O–H groups in total. The van der Waals surface area contributed by atoms with Crippen LogP contribution in [-0.4, -0.2) is 22.0 Å². The average molecular weight is 523 g/mol. The molecule has 39 heavy (non-hydrogen) atoms. The molecule has 0 aliphatic heterocycles. The van der Waals surface area contributed by atoms with Crippen LogP contribution < -0.4 is 5.73 Å². The molecule has 0 aliphatic rings. The summed E-state index contributed by atoms with van der Waals surface area (Å²) >= 11 is 0. The lowest BCUT2D eigenvalue weighted by atomic mass is 9.90. The van der Waals surface area contributed by atoms with Gasteiger partial charge in [-0.2, -0.15) is 0 Å². The molecule has 200 valence electrons. The molecule has 0 saturated heterocycles. The Hall–Kier alpha value is -4.29.